The van der Waals surface area contributed by atoms with E-state index in [0.29, 0.717) is 6.54 Å². The zero-order valence-electron chi connectivity index (χ0n) is 10.2. The Bertz CT molecular complexity index is 381. The van der Waals surface area contributed by atoms with E-state index < -0.39 is 0 Å². The lowest BCUT2D eigenvalue weighted by Crippen LogP contribution is -2.43. The van der Waals surface area contributed by atoms with Gasteiger partial charge in [-0.05, 0) is 31.1 Å². The summed E-state index contributed by atoms with van der Waals surface area (Å²) in [4.78, 5) is 11.2. The minimum absolute atomic E-state index is 0.474. The van der Waals surface area contributed by atoms with Gasteiger partial charge in [-0.15, -0.1) is 0 Å². The minimum atomic E-state index is 0.474. The van der Waals surface area contributed by atoms with Crippen LogP contribution in [0.4, 0.5) is 5.82 Å². The Hall–Kier alpha value is -1.16. The summed E-state index contributed by atoms with van der Waals surface area (Å²) in [5.41, 5.74) is 6.51. The Labute approximate surface area is 102 Å². The van der Waals surface area contributed by atoms with Crippen molar-refractivity contribution in [2.24, 2.45) is 17.6 Å². The second-order valence-electron chi connectivity index (χ2n) is 5.38. The Balaban J connectivity index is 1.79. The third-order valence-electron chi connectivity index (χ3n) is 4.05. The lowest BCUT2D eigenvalue weighted by molar-refractivity contribution is 0.230. The SMILES string of the molecule is NCc1cncc(N2CC3CCCC(C3)C2)n1. The molecule has 2 heterocycles. The molecule has 2 fully saturated rings. The highest BCUT2D eigenvalue weighted by molar-refractivity contribution is 5.37. The lowest BCUT2D eigenvalue weighted by atomic mass is 9.78. The molecule has 1 aromatic heterocycles. The van der Waals surface area contributed by atoms with Gasteiger partial charge in [0.1, 0.15) is 5.82 Å². The standard InChI is InChI=1S/C13H20N4/c14-5-12-6-15-7-13(16-12)17-8-10-2-1-3-11(4-10)9-17/h6-7,10-11H,1-5,8-9,14H2. The smallest absolute Gasteiger partial charge is 0.147 e. The van der Waals surface area contributed by atoms with Gasteiger partial charge in [-0.25, -0.2) is 4.98 Å². The van der Waals surface area contributed by atoms with E-state index in [-0.39, 0.29) is 0 Å². The van der Waals surface area contributed by atoms with Crippen molar-refractivity contribution in [3.05, 3.63) is 18.1 Å². The molecule has 3 rings (SSSR count). The van der Waals surface area contributed by atoms with Crippen molar-refractivity contribution in [2.45, 2.75) is 32.2 Å². The highest BCUT2D eigenvalue weighted by atomic mass is 15.2. The molecule has 4 heteroatoms. The highest BCUT2D eigenvalue weighted by Crippen LogP contribution is 2.35. The lowest BCUT2D eigenvalue weighted by Gasteiger charge is -2.41. The van der Waals surface area contributed by atoms with Gasteiger partial charge in [0.2, 0.25) is 0 Å². The molecule has 2 bridgehead atoms. The summed E-state index contributed by atoms with van der Waals surface area (Å²) >= 11 is 0. The van der Waals surface area contributed by atoms with Crippen LogP contribution in [0, 0.1) is 11.8 Å². The minimum Gasteiger partial charge on any atom is -0.355 e. The fourth-order valence-corrected chi connectivity index (χ4v) is 3.26. The van der Waals surface area contributed by atoms with Gasteiger partial charge in [-0.2, -0.15) is 0 Å². The number of rotatable bonds is 2. The van der Waals surface area contributed by atoms with Crippen LogP contribution in [-0.2, 0) is 6.54 Å². The summed E-state index contributed by atoms with van der Waals surface area (Å²) in [6.07, 6.45) is 9.24. The van der Waals surface area contributed by atoms with Gasteiger partial charge >= 0.3 is 0 Å². The first-order chi connectivity index (χ1) is 8.35. The summed E-state index contributed by atoms with van der Waals surface area (Å²) in [5, 5.41) is 0. The van der Waals surface area contributed by atoms with Gasteiger partial charge in [0.25, 0.3) is 0 Å². The molecule has 0 amide bonds. The topological polar surface area (TPSA) is 55.0 Å². The number of hydrogen-bond acceptors (Lipinski definition) is 4. The molecule has 1 aliphatic heterocycles. The molecule has 1 saturated carbocycles. The van der Waals surface area contributed by atoms with Crippen LogP contribution < -0.4 is 10.6 Å². The predicted molar refractivity (Wildman–Crippen MR) is 67.6 cm³/mol. The second kappa shape index (κ2) is 4.61. The van der Waals surface area contributed by atoms with E-state index in [4.69, 9.17) is 5.73 Å². The van der Waals surface area contributed by atoms with Crippen LogP contribution in [0.25, 0.3) is 0 Å². The van der Waals surface area contributed by atoms with Crippen molar-refractivity contribution < 1.29 is 0 Å². The molecule has 1 aliphatic carbocycles. The summed E-state index contributed by atoms with van der Waals surface area (Å²) in [7, 11) is 0. The van der Waals surface area contributed by atoms with Crippen molar-refractivity contribution in [1.82, 2.24) is 9.97 Å². The average Bonchev–Trinajstić information content (AvgIpc) is 2.38. The van der Waals surface area contributed by atoms with Crippen molar-refractivity contribution in [1.29, 1.82) is 0 Å². The van der Waals surface area contributed by atoms with Gasteiger partial charge in [-0.3, -0.25) is 4.98 Å². The molecule has 2 atom stereocenters. The van der Waals surface area contributed by atoms with E-state index in [1.807, 2.05) is 6.20 Å². The van der Waals surface area contributed by atoms with Crippen molar-refractivity contribution in [3.8, 4) is 0 Å². The fraction of sp³-hybridized carbons (Fsp3) is 0.692. The van der Waals surface area contributed by atoms with Crippen LogP contribution in [0.2, 0.25) is 0 Å². The van der Waals surface area contributed by atoms with Crippen LogP contribution in [0.3, 0.4) is 0 Å². The van der Waals surface area contributed by atoms with Gasteiger partial charge in [0, 0.05) is 25.8 Å². The Morgan fingerprint density at radius 3 is 2.71 bits per heavy atom. The zero-order chi connectivity index (χ0) is 11.7. The second-order valence-corrected chi connectivity index (χ2v) is 5.38. The van der Waals surface area contributed by atoms with Crippen molar-refractivity contribution >= 4 is 5.82 Å². The molecule has 0 spiro atoms. The third kappa shape index (κ3) is 2.27. The maximum Gasteiger partial charge on any atom is 0.147 e. The number of anilines is 1. The van der Waals surface area contributed by atoms with Crippen LogP contribution in [0.5, 0.6) is 0 Å². The molecule has 2 aliphatic rings. The number of piperidine rings is 1. The monoisotopic (exact) mass is 232 g/mol. The van der Waals surface area contributed by atoms with Crippen LogP contribution >= 0.6 is 0 Å². The van der Waals surface area contributed by atoms with E-state index in [1.54, 1.807) is 6.20 Å². The maximum atomic E-state index is 5.62. The zero-order valence-corrected chi connectivity index (χ0v) is 10.2. The van der Waals surface area contributed by atoms with E-state index in [1.165, 1.54) is 25.7 Å². The van der Waals surface area contributed by atoms with E-state index >= 15 is 0 Å². The summed E-state index contributed by atoms with van der Waals surface area (Å²) in [6, 6.07) is 0. The number of nitrogens with zero attached hydrogens (tertiary/aromatic N) is 3. The van der Waals surface area contributed by atoms with Crippen molar-refractivity contribution in [2.75, 3.05) is 18.0 Å². The van der Waals surface area contributed by atoms with Gasteiger partial charge in [0.05, 0.1) is 11.9 Å². The molecule has 0 radical (unpaired) electrons. The molecule has 1 aromatic rings. The van der Waals surface area contributed by atoms with E-state index in [9.17, 15) is 0 Å². The van der Waals surface area contributed by atoms with Gasteiger partial charge < -0.3 is 10.6 Å². The van der Waals surface area contributed by atoms with Crippen molar-refractivity contribution in [3.63, 3.8) is 0 Å². The molecule has 4 nitrogen and oxygen atoms in total. The van der Waals surface area contributed by atoms with Crippen LogP contribution in [0.1, 0.15) is 31.4 Å². The number of nitrogens with two attached hydrogens (primary N) is 1. The normalized spacial score (nSPS) is 28.2. The third-order valence-corrected chi connectivity index (χ3v) is 4.05. The fourth-order valence-electron chi connectivity index (χ4n) is 3.26. The Morgan fingerprint density at radius 2 is 2.00 bits per heavy atom. The molecular formula is C13H20N4. The largest absolute Gasteiger partial charge is 0.355 e. The molecule has 92 valence electrons. The molecule has 0 aromatic carbocycles. The number of fused-ring (bicyclic) bond motifs is 2. The number of hydrogen-bond donors (Lipinski definition) is 1. The van der Waals surface area contributed by atoms with Gasteiger partial charge in [-0.1, -0.05) is 6.42 Å². The molecule has 17 heavy (non-hydrogen) atoms. The van der Waals surface area contributed by atoms with E-state index in [0.717, 1.165) is 36.4 Å². The predicted octanol–water partition coefficient (Wildman–Crippen LogP) is 1.56. The number of aromatic nitrogens is 2. The van der Waals surface area contributed by atoms with Gasteiger partial charge in [0.15, 0.2) is 0 Å². The summed E-state index contributed by atoms with van der Waals surface area (Å²) in [5.74, 6) is 2.75. The summed E-state index contributed by atoms with van der Waals surface area (Å²) in [6.45, 7) is 2.78. The quantitative estimate of drug-likeness (QED) is 0.840. The maximum absolute atomic E-state index is 5.62. The van der Waals surface area contributed by atoms with E-state index in [2.05, 4.69) is 14.9 Å². The first-order valence-electron chi connectivity index (χ1n) is 6.61. The van der Waals surface area contributed by atoms with Crippen LogP contribution in [0.15, 0.2) is 12.4 Å². The Morgan fingerprint density at radius 1 is 1.24 bits per heavy atom. The molecule has 1 saturated heterocycles. The van der Waals surface area contributed by atoms with Crippen LogP contribution in [-0.4, -0.2) is 23.1 Å². The highest BCUT2D eigenvalue weighted by Gasteiger charge is 2.31. The molecule has 2 N–H and O–H groups in total. The Kier molecular flexibility index (Phi) is 2.97. The first-order valence-corrected chi connectivity index (χ1v) is 6.61. The average molecular weight is 232 g/mol. The molecular weight excluding hydrogens is 212 g/mol. The molecule has 2 unspecified atom stereocenters. The summed E-state index contributed by atoms with van der Waals surface area (Å²) < 4.78 is 0. The first kappa shape index (κ1) is 11.0.